The maximum Gasteiger partial charge on any atom is 0.244 e. The van der Waals surface area contributed by atoms with Crippen molar-refractivity contribution in [2.75, 3.05) is 23.3 Å². The SMILES string of the molecule is O=C(CN1CCc2ccccc21)Nc1c(F)c(F)c(F)c(F)c1F. The van der Waals surface area contributed by atoms with Crippen molar-refractivity contribution in [3.63, 3.8) is 0 Å². The van der Waals surface area contributed by atoms with Crippen LogP contribution in [0.15, 0.2) is 24.3 Å². The number of rotatable bonds is 3. The molecule has 2 aromatic rings. The zero-order valence-electron chi connectivity index (χ0n) is 12.2. The van der Waals surface area contributed by atoms with Gasteiger partial charge < -0.3 is 10.2 Å². The summed E-state index contributed by atoms with van der Waals surface area (Å²) in [6, 6.07) is 7.29. The number of amides is 1. The minimum atomic E-state index is -2.27. The molecule has 3 nitrogen and oxygen atoms in total. The van der Waals surface area contributed by atoms with Crippen LogP contribution in [0.2, 0.25) is 0 Å². The lowest BCUT2D eigenvalue weighted by molar-refractivity contribution is -0.115. The standard InChI is InChI=1S/C16H11F5N2O/c17-11-12(18)14(20)16(15(21)13(11)19)22-10(24)7-23-6-5-8-3-1-2-4-9(8)23/h1-4H,5-7H2,(H,22,24). The molecule has 0 fully saturated rings. The van der Waals surface area contributed by atoms with Gasteiger partial charge in [-0.05, 0) is 18.1 Å². The molecule has 0 aromatic heterocycles. The number of carbonyl (C=O) groups excluding carboxylic acids is 1. The van der Waals surface area contributed by atoms with E-state index in [4.69, 9.17) is 0 Å². The number of hydrogen-bond donors (Lipinski definition) is 1. The van der Waals surface area contributed by atoms with E-state index in [-0.39, 0.29) is 6.54 Å². The van der Waals surface area contributed by atoms with Gasteiger partial charge in [0.25, 0.3) is 0 Å². The normalized spacial score (nSPS) is 13.1. The third kappa shape index (κ3) is 2.68. The molecule has 126 valence electrons. The summed E-state index contributed by atoms with van der Waals surface area (Å²) in [5.74, 6) is -11.5. The summed E-state index contributed by atoms with van der Waals surface area (Å²) in [7, 11) is 0. The van der Waals surface area contributed by atoms with Crippen molar-refractivity contribution >= 4 is 17.3 Å². The van der Waals surface area contributed by atoms with Crippen LogP contribution >= 0.6 is 0 Å². The number of nitrogens with one attached hydrogen (secondary N) is 1. The minimum absolute atomic E-state index is 0.267. The van der Waals surface area contributed by atoms with Crippen molar-refractivity contribution in [1.29, 1.82) is 0 Å². The first-order valence-corrected chi connectivity index (χ1v) is 7.04. The average molecular weight is 342 g/mol. The Labute approximate surface area is 133 Å². The number of benzene rings is 2. The lowest BCUT2D eigenvalue weighted by atomic mass is 10.2. The van der Waals surface area contributed by atoms with Gasteiger partial charge in [-0.3, -0.25) is 4.79 Å². The van der Waals surface area contributed by atoms with Crippen LogP contribution in [0.4, 0.5) is 33.3 Å². The fourth-order valence-corrected chi connectivity index (χ4v) is 2.64. The van der Waals surface area contributed by atoms with Crippen molar-refractivity contribution in [2.45, 2.75) is 6.42 Å². The van der Waals surface area contributed by atoms with Crippen LogP contribution in [-0.4, -0.2) is 19.0 Å². The molecule has 0 aliphatic carbocycles. The Balaban J connectivity index is 1.80. The Morgan fingerprint density at radius 1 is 0.958 bits per heavy atom. The topological polar surface area (TPSA) is 32.3 Å². The molecule has 0 atom stereocenters. The van der Waals surface area contributed by atoms with Crippen molar-refractivity contribution in [3.8, 4) is 0 Å². The summed E-state index contributed by atoms with van der Waals surface area (Å²) in [6.45, 7) is 0.250. The van der Waals surface area contributed by atoms with E-state index in [0.29, 0.717) is 13.0 Å². The van der Waals surface area contributed by atoms with E-state index in [2.05, 4.69) is 0 Å². The second-order valence-corrected chi connectivity index (χ2v) is 5.29. The fraction of sp³-hybridized carbons (Fsp3) is 0.188. The Hall–Kier alpha value is -2.64. The van der Waals surface area contributed by atoms with Gasteiger partial charge >= 0.3 is 0 Å². The molecule has 1 aliphatic heterocycles. The van der Waals surface area contributed by atoms with Crippen LogP contribution in [0.3, 0.4) is 0 Å². The molecule has 1 aliphatic rings. The largest absolute Gasteiger partial charge is 0.362 e. The third-order valence-electron chi connectivity index (χ3n) is 3.79. The van der Waals surface area contributed by atoms with Gasteiger partial charge in [-0.2, -0.15) is 0 Å². The molecule has 0 unspecified atom stereocenters. The van der Waals surface area contributed by atoms with E-state index < -0.39 is 40.7 Å². The zero-order valence-corrected chi connectivity index (χ0v) is 12.2. The number of carbonyl (C=O) groups is 1. The van der Waals surface area contributed by atoms with E-state index in [9.17, 15) is 26.7 Å². The molecule has 0 saturated heterocycles. The Morgan fingerprint density at radius 3 is 2.21 bits per heavy atom. The van der Waals surface area contributed by atoms with Gasteiger partial charge in [-0.15, -0.1) is 0 Å². The van der Waals surface area contributed by atoms with Crippen LogP contribution in [0.1, 0.15) is 5.56 Å². The van der Waals surface area contributed by atoms with Crippen molar-refractivity contribution in [3.05, 3.63) is 58.9 Å². The molecule has 0 saturated carbocycles. The van der Waals surface area contributed by atoms with Crippen molar-refractivity contribution in [2.24, 2.45) is 0 Å². The predicted octanol–water partition coefficient (Wildman–Crippen LogP) is 3.38. The van der Waals surface area contributed by atoms with E-state index in [1.165, 1.54) is 0 Å². The van der Waals surface area contributed by atoms with Gasteiger partial charge in [0.1, 0.15) is 5.69 Å². The first-order valence-electron chi connectivity index (χ1n) is 7.04. The first kappa shape index (κ1) is 16.2. The molecule has 1 N–H and O–H groups in total. The molecule has 8 heteroatoms. The third-order valence-corrected chi connectivity index (χ3v) is 3.79. The maximum absolute atomic E-state index is 13.6. The number of halogens is 5. The lowest BCUT2D eigenvalue weighted by Crippen LogP contribution is -2.32. The Kier molecular flexibility index (Phi) is 4.13. The van der Waals surface area contributed by atoms with Gasteiger partial charge in [0.2, 0.25) is 11.7 Å². The monoisotopic (exact) mass is 342 g/mol. The molecule has 1 amide bonds. The van der Waals surface area contributed by atoms with Gasteiger partial charge in [0.15, 0.2) is 23.3 Å². The first-order chi connectivity index (χ1) is 11.4. The van der Waals surface area contributed by atoms with Gasteiger partial charge in [0, 0.05) is 12.2 Å². The molecule has 2 aromatic carbocycles. The summed E-state index contributed by atoms with van der Waals surface area (Å²) in [5.41, 5.74) is 0.468. The van der Waals surface area contributed by atoms with E-state index >= 15 is 0 Å². The number of fused-ring (bicyclic) bond motifs is 1. The molecule has 0 radical (unpaired) electrons. The van der Waals surface area contributed by atoms with Crippen LogP contribution < -0.4 is 10.2 Å². The second-order valence-electron chi connectivity index (χ2n) is 5.29. The molecular formula is C16H11F5N2O. The molecule has 0 spiro atoms. The van der Waals surface area contributed by atoms with Crippen molar-refractivity contribution in [1.82, 2.24) is 0 Å². The van der Waals surface area contributed by atoms with E-state index in [1.54, 1.807) is 22.3 Å². The van der Waals surface area contributed by atoms with Crippen LogP contribution in [0.25, 0.3) is 0 Å². The predicted molar refractivity (Wildman–Crippen MR) is 77.2 cm³/mol. The lowest BCUT2D eigenvalue weighted by Gasteiger charge is -2.19. The summed E-state index contributed by atoms with van der Waals surface area (Å²) in [5, 5.41) is 1.77. The van der Waals surface area contributed by atoms with Crippen LogP contribution in [0.5, 0.6) is 0 Å². The molecule has 3 rings (SSSR count). The Bertz CT molecular complexity index is 795. The van der Waals surface area contributed by atoms with Gasteiger partial charge in [0.05, 0.1) is 6.54 Å². The fourth-order valence-electron chi connectivity index (χ4n) is 2.64. The Morgan fingerprint density at radius 2 is 1.54 bits per heavy atom. The quantitative estimate of drug-likeness (QED) is 0.527. The van der Waals surface area contributed by atoms with Crippen LogP contribution in [-0.2, 0) is 11.2 Å². The second kappa shape index (κ2) is 6.10. The summed E-state index contributed by atoms with van der Waals surface area (Å²) < 4.78 is 66.4. The highest BCUT2D eigenvalue weighted by Crippen LogP contribution is 2.29. The molecule has 1 heterocycles. The highest BCUT2D eigenvalue weighted by Gasteiger charge is 2.28. The van der Waals surface area contributed by atoms with E-state index in [1.807, 2.05) is 12.1 Å². The number of nitrogens with zero attached hydrogens (tertiary/aromatic N) is 1. The smallest absolute Gasteiger partial charge is 0.244 e. The maximum atomic E-state index is 13.6. The zero-order chi connectivity index (χ0) is 17.4. The average Bonchev–Trinajstić information content (AvgIpc) is 2.98. The van der Waals surface area contributed by atoms with Crippen LogP contribution in [0, 0.1) is 29.1 Å². The highest BCUT2D eigenvalue weighted by atomic mass is 19.2. The number of para-hydroxylation sites is 1. The van der Waals surface area contributed by atoms with Gasteiger partial charge in [-0.1, -0.05) is 18.2 Å². The summed E-state index contributed by atoms with van der Waals surface area (Å²) in [4.78, 5) is 13.6. The number of anilines is 2. The highest BCUT2D eigenvalue weighted by molar-refractivity contribution is 5.94. The molecule has 0 bridgehead atoms. The number of hydrogen-bond acceptors (Lipinski definition) is 2. The molecule has 24 heavy (non-hydrogen) atoms. The van der Waals surface area contributed by atoms with E-state index in [0.717, 1.165) is 11.3 Å². The summed E-state index contributed by atoms with van der Waals surface area (Å²) >= 11 is 0. The minimum Gasteiger partial charge on any atom is -0.362 e. The van der Waals surface area contributed by atoms with Gasteiger partial charge in [-0.25, -0.2) is 22.0 Å². The molecular weight excluding hydrogens is 331 g/mol. The van der Waals surface area contributed by atoms with Crippen molar-refractivity contribution < 1.29 is 26.7 Å². The summed E-state index contributed by atoms with van der Waals surface area (Å²) in [6.07, 6.45) is 0.700.